The molecule has 18 heavy (non-hydrogen) atoms. The second-order valence-corrected chi connectivity index (χ2v) is 5.31. The van der Waals surface area contributed by atoms with Crippen LogP contribution in [0.2, 0.25) is 0 Å². The molecule has 1 heterocycles. The fourth-order valence-corrected chi connectivity index (χ4v) is 2.94. The number of rotatable bonds is 0. The van der Waals surface area contributed by atoms with Crippen molar-refractivity contribution in [3.8, 4) is 0 Å². The molecule has 0 saturated heterocycles. The van der Waals surface area contributed by atoms with Crippen LogP contribution in [0.5, 0.6) is 0 Å². The number of hydrogen-bond donors (Lipinski definition) is 0. The van der Waals surface area contributed by atoms with Gasteiger partial charge in [0.05, 0.1) is 0 Å². The molecule has 92 valence electrons. The number of nitrogens with zero attached hydrogens (tertiary/aromatic N) is 1. The molecule has 0 spiro atoms. The van der Waals surface area contributed by atoms with Crippen molar-refractivity contribution in [3.05, 3.63) is 58.1 Å². The third-order valence-electron chi connectivity index (χ3n) is 4.35. The summed E-state index contributed by atoms with van der Waals surface area (Å²) in [6.07, 6.45) is 1.06. The monoisotopic (exact) mass is 237 g/mol. The number of para-hydroxylation sites is 1. The number of aryl methyl sites for hydroxylation is 1. The largest absolute Gasteiger partial charge is 0.344 e. The summed E-state index contributed by atoms with van der Waals surface area (Å²) in [5.41, 5.74) is 9.89. The highest BCUT2D eigenvalue weighted by Gasteiger charge is 2.22. The highest BCUT2D eigenvalue weighted by molar-refractivity contribution is 5.76. The predicted molar refractivity (Wildman–Crippen MR) is 78.0 cm³/mol. The van der Waals surface area contributed by atoms with E-state index in [1.165, 1.54) is 39.2 Å². The Morgan fingerprint density at radius 1 is 0.944 bits per heavy atom. The van der Waals surface area contributed by atoms with Gasteiger partial charge in [0.1, 0.15) is 0 Å². The van der Waals surface area contributed by atoms with Crippen LogP contribution in [0.15, 0.2) is 30.3 Å². The maximum absolute atomic E-state index is 2.33. The van der Waals surface area contributed by atoms with Gasteiger partial charge in [-0.1, -0.05) is 18.2 Å². The van der Waals surface area contributed by atoms with Crippen LogP contribution in [0, 0.1) is 20.8 Å². The Morgan fingerprint density at radius 3 is 2.44 bits per heavy atom. The van der Waals surface area contributed by atoms with Crippen LogP contribution in [0.25, 0.3) is 0 Å². The van der Waals surface area contributed by atoms with E-state index in [-0.39, 0.29) is 0 Å². The molecule has 2 aromatic rings. The molecule has 0 saturated carbocycles. The van der Waals surface area contributed by atoms with Crippen molar-refractivity contribution >= 4 is 11.4 Å². The summed E-state index contributed by atoms with van der Waals surface area (Å²) in [6.45, 7) is 6.69. The van der Waals surface area contributed by atoms with Gasteiger partial charge in [-0.25, -0.2) is 0 Å². The first kappa shape index (κ1) is 11.3. The van der Waals surface area contributed by atoms with Crippen LogP contribution < -0.4 is 4.90 Å². The molecule has 0 aromatic heterocycles. The second kappa shape index (κ2) is 3.88. The van der Waals surface area contributed by atoms with Gasteiger partial charge in [-0.2, -0.15) is 0 Å². The Kier molecular flexibility index (Phi) is 2.44. The van der Waals surface area contributed by atoms with E-state index in [0.29, 0.717) is 0 Å². The number of hydrogen-bond acceptors (Lipinski definition) is 1. The summed E-state index contributed by atoms with van der Waals surface area (Å²) in [7, 11) is 2.17. The molecular formula is C17H19N. The van der Waals surface area contributed by atoms with Gasteiger partial charge in [-0.05, 0) is 60.7 Å². The molecule has 3 rings (SSSR count). The smallest absolute Gasteiger partial charge is 0.0449 e. The third-order valence-corrected chi connectivity index (χ3v) is 4.35. The zero-order valence-corrected chi connectivity index (χ0v) is 11.5. The molecule has 0 aliphatic carbocycles. The first-order chi connectivity index (χ1) is 8.59. The minimum absolute atomic E-state index is 1.06. The van der Waals surface area contributed by atoms with Gasteiger partial charge in [0.25, 0.3) is 0 Å². The van der Waals surface area contributed by atoms with Crippen LogP contribution in [0.3, 0.4) is 0 Å². The Hall–Kier alpha value is -1.76. The van der Waals surface area contributed by atoms with E-state index >= 15 is 0 Å². The fourth-order valence-electron chi connectivity index (χ4n) is 2.94. The van der Waals surface area contributed by atoms with Gasteiger partial charge >= 0.3 is 0 Å². The topological polar surface area (TPSA) is 3.24 Å². The standard InChI is InChI=1S/C17H19N/c1-11-9-17-15(13(3)12(11)2)10-14-7-5-6-8-16(14)18(17)4/h5-9H,10H2,1-4H3. The van der Waals surface area contributed by atoms with Crippen molar-refractivity contribution in [1.82, 2.24) is 0 Å². The average molecular weight is 237 g/mol. The lowest BCUT2D eigenvalue weighted by molar-refractivity contribution is 1.02. The Morgan fingerprint density at radius 2 is 1.67 bits per heavy atom. The van der Waals surface area contributed by atoms with Crippen LogP contribution in [-0.4, -0.2) is 7.05 Å². The highest BCUT2D eigenvalue weighted by Crippen LogP contribution is 2.40. The van der Waals surface area contributed by atoms with Gasteiger partial charge in [-0.15, -0.1) is 0 Å². The van der Waals surface area contributed by atoms with Gasteiger partial charge in [0.2, 0.25) is 0 Å². The summed E-state index contributed by atoms with van der Waals surface area (Å²) in [6, 6.07) is 11.0. The van der Waals surface area contributed by atoms with Crippen LogP contribution in [0.1, 0.15) is 27.8 Å². The van der Waals surface area contributed by atoms with E-state index in [2.05, 4.69) is 63.1 Å². The molecule has 2 aromatic carbocycles. The van der Waals surface area contributed by atoms with E-state index in [1.54, 1.807) is 0 Å². The maximum Gasteiger partial charge on any atom is 0.0449 e. The van der Waals surface area contributed by atoms with Gasteiger partial charge in [0, 0.05) is 24.8 Å². The summed E-state index contributed by atoms with van der Waals surface area (Å²) in [4.78, 5) is 2.33. The fraction of sp³-hybridized carbons (Fsp3) is 0.294. The van der Waals surface area contributed by atoms with E-state index in [9.17, 15) is 0 Å². The minimum Gasteiger partial charge on any atom is -0.344 e. The van der Waals surface area contributed by atoms with Crippen LogP contribution in [0.4, 0.5) is 11.4 Å². The summed E-state index contributed by atoms with van der Waals surface area (Å²) in [5, 5.41) is 0. The quantitative estimate of drug-likeness (QED) is 0.661. The molecular weight excluding hydrogens is 218 g/mol. The molecule has 1 aliphatic rings. The number of anilines is 2. The predicted octanol–water partition coefficient (Wildman–Crippen LogP) is 4.28. The van der Waals surface area contributed by atoms with E-state index in [4.69, 9.17) is 0 Å². The van der Waals surface area contributed by atoms with Gasteiger partial charge < -0.3 is 4.90 Å². The Balaban J connectivity index is 2.25. The second-order valence-electron chi connectivity index (χ2n) is 5.31. The third kappa shape index (κ3) is 1.47. The molecule has 0 bridgehead atoms. The van der Waals surface area contributed by atoms with Crippen molar-refractivity contribution in [2.75, 3.05) is 11.9 Å². The Bertz CT molecular complexity index is 626. The lowest BCUT2D eigenvalue weighted by atomic mass is 9.88. The molecule has 0 atom stereocenters. The summed E-state index contributed by atoms with van der Waals surface area (Å²) in [5.74, 6) is 0. The maximum atomic E-state index is 2.33. The first-order valence-electron chi connectivity index (χ1n) is 6.51. The first-order valence-corrected chi connectivity index (χ1v) is 6.51. The molecule has 1 heteroatoms. The van der Waals surface area contributed by atoms with Crippen molar-refractivity contribution in [1.29, 1.82) is 0 Å². The molecule has 0 N–H and O–H groups in total. The minimum atomic E-state index is 1.06. The zero-order chi connectivity index (χ0) is 12.9. The van der Waals surface area contributed by atoms with E-state index in [0.717, 1.165) is 6.42 Å². The van der Waals surface area contributed by atoms with Crippen molar-refractivity contribution in [3.63, 3.8) is 0 Å². The lowest BCUT2D eigenvalue weighted by Gasteiger charge is -2.32. The molecule has 0 fully saturated rings. The van der Waals surface area contributed by atoms with Gasteiger partial charge in [-0.3, -0.25) is 0 Å². The van der Waals surface area contributed by atoms with Crippen LogP contribution >= 0.6 is 0 Å². The summed E-state index contributed by atoms with van der Waals surface area (Å²) < 4.78 is 0. The van der Waals surface area contributed by atoms with Gasteiger partial charge in [0.15, 0.2) is 0 Å². The van der Waals surface area contributed by atoms with Crippen LogP contribution in [-0.2, 0) is 6.42 Å². The van der Waals surface area contributed by atoms with E-state index < -0.39 is 0 Å². The Labute approximate surface area is 109 Å². The molecule has 0 radical (unpaired) electrons. The zero-order valence-electron chi connectivity index (χ0n) is 11.5. The SMILES string of the molecule is Cc1cc2c(c(C)c1C)Cc1ccccc1N2C. The molecule has 0 amide bonds. The number of benzene rings is 2. The average Bonchev–Trinajstić information content (AvgIpc) is 2.38. The molecule has 0 unspecified atom stereocenters. The lowest BCUT2D eigenvalue weighted by Crippen LogP contribution is -2.20. The van der Waals surface area contributed by atoms with Crippen molar-refractivity contribution < 1.29 is 0 Å². The summed E-state index contributed by atoms with van der Waals surface area (Å²) >= 11 is 0. The number of fused-ring (bicyclic) bond motifs is 2. The molecule has 1 nitrogen and oxygen atoms in total. The van der Waals surface area contributed by atoms with Crippen molar-refractivity contribution in [2.24, 2.45) is 0 Å². The van der Waals surface area contributed by atoms with Crippen molar-refractivity contribution in [2.45, 2.75) is 27.2 Å². The molecule has 1 aliphatic heterocycles. The highest BCUT2D eigenvalue weighted by atomic mass is 15.1. The normalized spacial score (nSPS) is 13.2. The van der Waals surface area contributed by atoms with E-state index in [1.807, 2.05) is 0 Å².